The molecule has 2 aromatic carbocycles. The summed E-state index contributed by atoms with van der Waals surface area (Å²) in [5.41, 5.74) is 2.05. The van der Waals surface area contributed by atoms with E-state index in [1.165, 1.54) is 0 Å². The second-order valence-corrected chi connectivity index (χ2v) is 10.4. The number of benzene rings is 2. The summed E-state index contributed by atoms with van der Waals surface area (Å²) in [4.78, 5) is 44.3. The van der Waals surface area contributed by atoms with E-state index in [2.05, 4.69) is 15.6 Å². The largest absolute Gasteiger partial charge is 0.445 e. The van der Waals surface area contributed by atoms with Crippen molar-refractivity contribution in [3.05, 3.63) is 95.8 Å². The van der Waals surface area contributed by atoms with Crippen LogP contribution in [0.1, 0.15) is 61.1 Å². The number of hydrogen-bond acceptors (Lipinski definition) is 6. The Morgan fingerprint density at radius 3 is 2.36 bits per heavy atom. The van der Waals surface area contributed by atoms with Gasteiger partial charge in [0.25, 0.3) is 5.91 Å². The van der Waals surface area contributed by atoms with Crippen molar-refractivity contribution in [1.29, 1.82) is 0 Å². The van der Waals surface area contributed by atoms with Gasteiger partial charge < -0.3 is 25.0 Å². The first-order valence-corrected chi connectivity index (χ1v) is 13.0. The number of amides is 3. The van der Waals surface area contributed by atoms with E-state index in [0.29, 0.717) is 24.2 Å². The lowest BCUT2D eigenvalue weighted by molar-refractivity contribution is 0.0452. The molecule has 2 unspecified atom stereocenters. The number of nitrogens with zero attached hydrogens (tertiary/aromatic N) is 2. The molecule has 1 aliphatic heterocycles. The molecule has 1 saturated heterocycles. The van der Waals surface area contributed by atoms with Gasteiger partial charge in [0.2, 0.25) is 0 Å². The predicted octanol–water partition coefficient (Wildman–Crippen LogP) is 5.70. The number of pyridine rings is 1. The maximum absolute atomic E-state index is 13.1. The first kappa shape index (κ1) is 27.6. The molecule has 0 bridgehead atoms. The number of likely N-dealkylation sites (tertiary alicyclic amines) is 1. The van der Waals surface area contributed by atoms with Crippen molar-refractivity contribution >= 4 is 23.8 Å². The number of aromatic nitrogens is 1. The van der Waals surface area contributed by atoms with E-state index in [4.69, 9.17) is 9.47 Å². The lowest BCUT2D eigenvalue weighted by Gasteiger charge is -2.32. The molecule has 0 aliphatic carbocycles. The molecule has 0 radical (unpaired) electrons. The summed E-state index contributed by atoms with van der Waals surface area (Å²) in [5, 5.41) is 5.79. The molecule has 2 N–H and O–H groups in total. The molecule has 0 spiro atoms. The van der Waals surface area contributed by atoms with Crippen molar-refractivity contribution in [2.24, 2.45) is 0 Å². The van der Waals surface area contributed by atoms with E-state index in [1.807, 2.05) is 30.3 Å². The van der Waals surface area contributed by atoms with E-state index >= 15 is 0 Å². The van der Waals surface area contributed by atoms with Gasteiger partial charge in [0.15, 0.2) is 0 Å². The molecule has 2 heterocycles. The fourth-order valence-corrected chi connectivity index (χ4v) is 4.48. The number of carbonyl (C=O) groups is 3. The second kappa shape index (κ2) is 12.4. The zero-order valence-electron chi connectivity index (χ0n) is 22.4. The van der Waals surface area contributed by atoms with Gasteiger partial charge in [-0.25, -0.2) is 9.59 Å². The molecule has 3 aromatic rings. The van der Waals surface area contributed by atoms with Gasteiger partial charge in [-0.15, -0.1) is 0 Å². The van der Waals surface area contributed by atoms with Gasteiger partial charge in [0.1, 0.15) is 12.2 Å². The third kappa shape index (κ3) is 7.80. The summed E-state index contributed by atoms with van der Waals surface area (Å²) in [7, 11) is 0. The average Bonchev–Trinajstić information content (AvgIpc) is 3.40. The van der Waals surface area contributed by atoms with E-state index in [0.717, 1.165) is 17.5 Å². The lowest BCUT2D eigenvalue weighted by atomic mass is 9.96. The van der Waals surface area contributed by atoms with Crippen LogP contribution in [0.5, 0.6) is 0 Å². The van der Waals surface area contributed by atoms with Gasteiger partial charge in [0, 0.05) is 30.2 Å². The average molecular weight is 531 g/mol. The zero-order valence-corrected chi connectivity index (χ0v) is 22.4. The van der Waals surface area contributed by atoms with Crippen molar-refractivity contribution in [2.45, 2.75) is 57.9 Å². The number of anilines is 1. The molecule has 9 nitrogen and oxygen atoms in total. The maximum Gasteiger partial charge on any atom is 0.410 e. The molecule has 4 rings (SSSR count). The number of carbonyl (C=O) groups excluding carboxylic acids is 3. The van der Waals surface area contributed by atoms with Crippen LogP contribution in [0, 0.1) is 0 Å². The highest BCUT2D eigenvalue weighted by atomic mass is 16.6. The van der Waals surface area contributed by atoms with E-state index < -0.39 is 23.8 Å². The molecule has 1 aromatic heterocycles. The number of nitrogens with one attached hydrogen (secondary N) is 2. The first-order valence-electron chi connectivity index (χ1n) is 13.0. The molecule has 204 valence electrons. The summed E-state index contributed by atoms with van der Waals surface area (Å²) in [5.74, 6) is -0.267. The monoisotopic (exact) mass is 530 g/mol. The molecular weight excluding hydrogens is 496 g/mol. The van der Waals surface area contributed by atoms with Crippen LogP contribution in [0.4, 0.5) is 15.3 Å². The van der Waals surface area contributed by atoms with Crippen LogP contribution in [-0.2, 0) is 16.1 Å². The summed E-state index contributed by atoms with van der Waals surface area (Å²) in [6.07, 6.45) is 3.62. The normalized spacial score (nSPS) is 15.8. The Morgan fingerprint density at radius 2 is 1.69 bits per heavy atom. The highest BCUT2D eigenvalue weighted by molar-refractivity contribution is 6.04. The minimum atomic E-state index is -0.687. The Labute approximate surface area is 228 Å². The van der Waals surface area contributed by atoms with Gasteiger partial charge in [-0.3, -0.25) is 9.78 Å². The minimum Gasteiger partial charge on any atom is -0.445 e. The Kier molecular flexibility index (Phi) is 8.81. The van der Waals surface area contributed by atoms with Crippen LogP contribution < -0.4 is 10.6 Å². The molecule has 1 aliphatic rings. The number of alkyl carbamates (subject to hydrolysis) is 1. The Morgan fingerprint density at radius 1 is 1.00 bits per heavy atom. The minimum absolute atomic E-state index is 0.161. The summed E-state index contributed by atoms with van der Waals surface area (Å²) in [6.45, 7) is 6.05. The third-order valence-electron chi connectivity index (χ3n) is 6.27. The van der Waals surface area contributed by atoms with Crippen LogP contribution >= 0.6 is 0 Å². The Bertz CT molecular complexity index is 1260. The van der Waals surface area contributed by atoms with Gasteiger partial charge in [-0.2, -0.15) is 0 Å². The van der Waals surface area contributed by atoms with Crippen molar-refractivity contribution < 1.29 is 23.9 Å². The second-order valence-electron chi connectivity index (χ2n) is 10.4. The summed E-state index contributed by atoms with van der Waals surface area (Å²) in [6, 6.07) is 19.0. The maximum atomic E-state index is 13.1. The summed E-state index contributed by atoms with van der Waals surface area (Å²) >= 11 is 0. The topological polar surface area (TPSA) is 110 Å². The van der Waals surface area contributed by atoms with Gasteiger partial charge >= 0.3 is 12.2 Å². The smallest absolute Gasteiger partial charge is 0.410 e. The van der Waals surface area contributed by atoms with E-state index in [9.17, 15) is 14.4 Å². The fourth-order valence-electron chi connectivity index (χ4n) is 4.48. The molecule has 39 heavy (non-hydrogen) atoms. The number of hydrogen-bond donors (Lipinski definition) is 2. The van der Waals surface area contributed by atoms with Crippen LogP contribution in [0.2, 0.25) is 0 Å². The highest BCUT2D eigenvalue weighted by Gasteiger charge is 2.38. The van der Waals surface area contributed by atoms with Crippen molar-refractivity contribution in [3.63, 3.8) is 0 Å². The van der Waals surface area contributed by atoms with Gasteiger partial charge in [-0.1, -0.05) is 42.5 Å². The van der Waals surface area contributed by atoms with Crippen LogP contribution in [0.25, 0.3) is 0 Å². The molecule has 1 fully saturated rings. The molecule has 0 saturated carbocycles. The third-order valence-corrected chi connectivity index (χ3v) is 6.27. The first-order chi connectivity index (χ1) is 18.7. The number of ether oxygens (including phenoxy) is 2. The molecule has 9 heteroatoms. The van der Waals surface area contributed by atoms with Gasteiger partial charge in [0.05, 0.1) is 12.1 Å². The fraction of sp³-hybridized carbons (Fsp3) is 0.333. The Balaban J connectivity index is 1.52. The van der Waals surface area contributed by atoms with Crippen LogP contribution in [0.15, 0.2) is 79.1 Å². The zero-order chi connectivity index (χ0) is 27.8. The molecule has 2 atom stereocenters. The standard InChI is InChI=1S/C30H34N4O5/c1-30(2,3)39-28(36)33-26(22-11-13-23(14-12-22)27(35)32-24-15-17-31-18-16-24)25-10-7-19-34(25)29(37)38-20-21-8-5-4-6-9-21/h4-6,8-9,11-18,25-26H,7,10,19-20H2,1-3H3,(H,33,36)(H,31,32,35). The lowest BCUT2D eigenvalue weighted by Crippen LogP contribution is -2.46. The Hall–Kier alpha value is -4.40. The number of rotatable bonds is 7. The van der Waals surface area contributed by atoms with Crippen molar-refractivity contribution in [3.8, 4) is 0 Å². The molecule has 3 amide bonds. The van der Waals surface area contributed by atoms with Crippen LogP contribution in [0.3, 0.4) is 0 Å². The highest BCUT2D eigenvalue weighted by Crippen LogP contribution is 2.31. The van der Waals surface area contributed by atoms with E-state index in [1.54, 1.807) is 74.5 Å². The molecular formula is C30H34N4O5. The van der Waals surface area contributed by atoms with E-state index in [-0.39, 0.29) is 18.6 Å². The SMILES string of the molecule is CC(C)(C)OC(=O)NC(c1ccc(C(=O)Nc2ccncc2)cc1)C1CCCN1C(=O)OCc1ccccc1. The van der Waals surface area contributed by atoms with Crippen molar-refractivity contribution in [1.82, 2.24) is 15.2 Å². The summed E-state index contributed by atoms with van der Waals surface area (Å²) < 4.78 is 11.1. The van der Waals surface area contributed by atoms with Crippen LogP contribution in [-0.4, -0.2) is 46.2 Å². The van der Waals surface area contributed by atoms with Gasteiger partial charge in [-0.05, 0) is 69.0 Å². The van der Waals surface area contributed by atoms with Crippen molar-refractivity contribution in [2.75, 3.05) is 11.9 Å². The predicted molar refractivity (Wildman–Crippen MR) is 147 cm³/mol. The quantitative estimate of drug-likeness (QED) is 0.405.